The van der Waals surface area contributed by atoms with Crippen LogP contribution in [0, 0.1) is 23.7 Å². The number of allylic oxidation sites excluding steroid dienone is 2. The summed E-state index contributed by atoms with van der Waals surface area (Å²) < 4.78 is 0. The summed E-state index contributed by atoms with van der Waals surface area (Å²) in [5.74, 6) is 2.41. The predicted molar refractivity (Wildman–Crippen MR) is 204 cm³/mol. The molecule has 8 heteroatoms. The Labute approximate surface area is 304 Å². The Hall–Kier alpha value is -2.78. The fourth-order valence-electron chi connectivity index (χ4n) is 12.9. The van der Waals surface area contributed by atoms with Gasteiger partial charge in [-0.25, -0.2) is 0 Å². The highest BCUT2D eigenvalue weighted by atomic mass is 16.1. The Morgan fingerprint density at radius 1 is 0.608 bits per heavy atom. The van der Waals surface area contributed by atoms with Crippen molar-refractivity contribution in [3.8, 4) is 0 Å². The van der Waals surface area contributed by atoms with E-state index in [4.69, 9.17) is 0 Å². The number of aromatic nitrogens is 2. The maximum absolute atomic E-state index is 12.3. The number of nitrogens with one attached hydrogen (secondary N) is 2. The average Bonchev–Trinajstić information content (AvgIpc) is 3.33. The summed E-state index contributed by atoms with van der Waals surface area (Å²) in [7, 11) is 0. The van der Waals surface area contributed by atoms with Crippen molar-refractivity contribution in [2.45, 2.75) is 95.6 Å². The minimum absolute atomic E-state index is 0.0447. The maximum atomic E-state index is 12.3. The lowest BCUT2D eigenvalue weighted by atomic mass is 9.56. The largest absolute Gasteiger partial charge is 0.326 e. The molecular formula is C43H60N6O2. The molecule has 2 N–H and O–H groups in total. The Morgan fingerprint density at radius 3 is 1.55 bits per heavy atom. The SMILES string of the molecule is CC1=C[C@H]2Cc3[nH]c(=O)ccc3[C@@]3(C1)[C@@H]2CCCN3CCCN1CCCN(CCCN2CCC[C@@H]3[C@H]4C=C(C)C[C@]32c2ccc(=O)[nH]c2C4)CC1. The second-order valence-electron chi connectivity index (χ2n) is 17.6. The zero-order chi connectivity index (χ0) is 34.7. The average molecular weight is 693 g/mol. The van der Waals surface area contributed by atoms with E-state index < -0.39 is 0 Å². The first-order chi connectivity index (χ1) is 24.8. The number of pyridine rings is 2. The summed E-state index contributed by atoms with van der Waals surface area (Å²) in [5.41, 5.74) is 8.47. The van der Waals surface area contributed by atoms with E-state index in [2.05, 4.69) is 67.7 Å². The van der Waals surface area contributed by atoms with Crippen LogP contribution >= 0.6 is 0 Å². The van der Waals surface area contributed by atoms with Crippen molar-refractivity contribution in [2.24, 2.45) is 23.7 Å². The Balaban J connectivity index is 0.810. The van der Waals surface area contributed by atoms with Gasteiger partial charge < -0.3 is 19.8 Å². The van der Waals surface area contributed by atoms with Crippen LogP contribution in [0.3, 0.4) is 0 Å². The number of fused-ring (bicyclic) bond motifs is 2. The topological polar surface area (TPSA) is 78.7 Å². The van der Waals surface area contributed by atoms with E-state index in [1.807, 2.05) is 0 Å². The minimum atomic E-state index is 0.0447. The van der Waals surface area contributed by atoms with Gasteiger partial charge in [-0.05, 0) is 171 Å². The molecule has 6 atom stereocenters. The standard InChI is InChI=1S/C43H60N6O2/c1-30-24-32-26-38-36(10-12-40(50)44-38)42(28-30)34(32)8-3-18-48(42)20-6-16-46-14-5-15-47(23-22-46)17-7-21-49-19-4-9-35-33-25-31(2)29-43(35,49)37-11-13-41(51)45-39(37)27-33/h10-13,24-25,32-35H,3-9,14-23,26-29H2,1-2H3,(H,44,50)(H,45,51)/t32-,33-,34+,35+,42+,43+/m0/s1. The van der Waals surface area contributed by atoms with Gasteiger partial charge in [-0.3, -0.25) is 19.4 Å². The van der Waals surface area contributed by atoms with Gasteiger partial charge in [0, 0.05) is 49.7 Å². The number of aromatic amines is 2. The first kappa shape index (κ1) is 34.0. The number of likely N-dealkylation sites (tertiary alicyclic amines) is 2. The summed E-state index contributed by atoms with van der Waals surface area (Å²) in [4.78, 5) is 42.4. The fourth-order valence-corrected chi connectivity index (χ4v) is 12.9. The van der Waals surface area contributed by atoms with E-state index in [-0.39, 0.29) is 22.2 Å². The van der Waals surface area contributed by atoms with Gasteiger partial charge in [0.05, 0.1) is 11.1 Å². The Kier molecular flexibility index (Phi) is 9.05. The molecule has 7 aliphatic rings. The molecule has 0 unspecified atom stereocenters. The molecular weight excluding hydrogens is 633 g/mol. The molecule has 0 radical (unpaired) electrons. The van der Waals surface area contributed by atoms with Crippen molar-refractivity contribution < 1.29 is 0 Å². The van der Waals surface area contributed by atoms with Crippen molar-refractivity contribution >= 4 is 0 Å². The quantitative estimate of drug-likeness (QED) is 0.361. The lowest BCUT2D eigenvalue weighted by Gasteiger charge is -2.59. The molecule has 5 heterocycles. The van der Waals surface area contributed by atoms with Gasteiger partial charge in [-0.15, -0.1) is 0 Å². The van der Waals surface area contributed by atoms with E-state index in [1.165, 1.54) is 131 Å². The van der Waals surface area contributed by atoms with E-state index in [1.54, 1.807) is 12.1 Å². The molecule has 0 spiro atoms. The van der Waals surface area contributed by atoms with E-state index in [0.717, 1.165) is 38.8 Å². The molecule has 51 heavy (non-hydrogen) atoms. The molecule has 3 fully saturated rings. The molecule has 2 aromatic rings. The first-order valence-corrected chi connectivity index (χ1v) is 20.6. The van der Waals surface area contributed by atoms with Gasteiger partial charge in [0.2, 0.25) is 11.1 Å². The number of H-pyrrole nitrogens is 2. The molecule has 2 aromatic heterocycles. The number of nitrogens with zero attached hydrogens (tertiary/aromatic N) is 4. The van der Waals surface area contributed by atoms with Gasteiger partial charge in [0.15, 0.2) is 0 Å². The van der Waals surface area contributed by atoms with Crippen LogP contribution in [0.5, 0.6) is 0 Å². The van der Waals surface area contributed by atoms with Gasteiger partial charge in [0.25, 0.3) is 0 Å². The summed E-state index contributed by atoms with van der Waals surface area (Å²) in [6, 6.07) is 7.92. The van der Waals surface area contributed by atoms with Crippen LogP contribution in [0.15, 0.2) is 57.2 Å². The third-order valence-electron chi connectivity index (χ3n) is 14.7. The van der Waals surface area contributed by atoms with E-state index in [0.29, 0.717) is 23.7 Å². The molecule has 3 aliphatic heterocycles. The van der Waals surface area contributed by atoms with Crippen LogP contribution in [-0.4, -0.2) is 95.0 Å². The second kappa shape index (κ2) is 13.6. The highest BCUT2D eigenvalue weighted by molar-refractivity contribution is 5.41. The van der Waals surface area contributed by atoms with Gasteiger partial charge in [-0.2, -0.15) is 0 Å². The smallest absolute Gasteiger partial charge is 0.248 e. The Morgan fingerprint density at radius 2 is 1.08 bits per heavy atom. The number of rotatable bonds is 8. The van der Waals surface area contributed by atoms with Crippen molar-refractivity contribution in [3.63, 3.8) is 0 Å². The molecule has 0 aromatic carbocycles. The summed E-state index contributed by atoms with van der Waals surface area (Å²) in [6.45, 7) is 16.4. The zero-order valence-electron chi connectivity index (χ0n) is 31.2. The first-order valence-electron chi connectivity index (χ1n) is 20.6. The van der Waals surface area contributed by atoms with Crippen LogP contribution in [0.25, 0.3) is 0 Å². The monoisotopic (exact) mass is 692 g/mol. The molecule has 0 amide bonds. The van der Waals surface area contributed by atoms with Crippen molar-refractivity contribution in [3.05, 3.63) is 90.8 Å². The van der Waals surface area contributed by atoms with Crippen molar-refractivity contribution in [2.75, 3.05) is 65.4 Å². The molecule has 3 saturated heterocycles. The molecule has 0 saturated carbocycles. The highest BCUT2D eigenvalue weighted by Gasteiger charge is 2.56. The van der Waals surface area contributed by atoms with Crippen molar-refractivity contribution in [1.29, 1.82) is 0 Å². The van der Waals surface area contributed by atoms with Crippen LogP contribution in [0.1, 0.15) is 94.1 Å². The molecule has 9 rings (SSSR count). The van der Waals surface area contributed by atoms with E-state index >= 15 is 0 Å². The number of piperidine rings is 2. The molecule has 4 aliphatic carbocycles. The second-order valence-corrected chi connectivity index (χ2v) is 17.6. The van der Waals surface area contributed by atoms with Crippen molar-refractivity contribution in [1.82, 2.24) is 29.6 Å². The van der Waals surface area contributed by atoms with E-state index in [9.17, 15) is 9.59 Å². The zero-order valence-corrected chi connectivity index (χ0v) is 31.2. The van der Waals surface area contributed by atoms with Gasteiger partial charge in [0.1, 0.15) is 0 Å². The van der Waals surface area contributed by atoms with Crippen LogP contribution < -0.4 is 11.1 Å². The third kappa shape index (κ3) is 5.87. The maximum Gasteiger partial charge on any atom is 0.248 e. The number of hydrogen-bond donors (Lipinski definition) is 2. The summed E-state index contributed by atoms with van der Waals surface area (Å²) >= 11 is 0. The predicted octanol–water partition coefficient (Wildman–Crippen LogP) is 5.41. The van der Waals surface area contributed by atoms with Crippen LogP contribution in [0.4, 0.5) is 0 Å². The molecule has 274 valence electrons. The third-order valence-corrected chi connectivity index (χ3v) is 14.7. The summed E-state index contributed by atoms with van der Waals surface area (Å²) in [6.07, 6.45) is 18.1. The van der Waals surface area contributed by atoms with Crippen LogP contribution in [0.2, 0.25) is 0 Å². The van der Waals surface area contributed by atoms with Gasteiger partial charge in [-0.1, -0.05) is 23.3 Å². The molecule has 8 nitrogen and oxygen atoms in total. The fraction of sp³-hybridized carbons (Fsp3) is 0.674. The summed E-state index contributed by atoms with van der Waals surface area (Å²) in [5, 5.41) is 0. The van der Waals surface area contributed by atoms with Crippen LogP contribution in [-0.2, 0) is 23.9 Å². The highest BCUT2D eigenvalue weighted by Crippen LogP contribution is 2.58. The lowest BCUT2D eigenvalue weighted by molar-refractivity contribution is -0.0467. The normalized spacial score (nSPS) is 34.0. The lowest BCUT2D eigenvalue weighted by Crippen LogP contribution is -2.61. The minimum Gasteiger partial charge on any atom is -0.326 e. The number of hydrogen-bond acceptors (Lipinski definition) is 6. The van der Waals surface area contributed by atoms with Gasteiger partial charge >= 0.3 is 0 Å². The molecule has 4 bridgehead atoms. The Bertz CT molecular complexity index is 1680.